The van der Waals surface area contributed by atoms with Gasteiger partial charge >= 0.3 is 0 Å². The van der Waals surface area contributed by atoms with Gasteiger partial charge in [-0.1, -0.05) is 12.1 Å². The van der Waals surface area contributed by atoms with Crippen LogP contribution in [0.3, 0.4) is 0 Å². The van der Waals surface area contributed by atoms with Crippen molar-refractivity contribution in [2.45, 2.75) is 45.5 Å². The zero-order valence-electron chi connectivity index (χ0n) is 11.3. The van der Waals surface area contributed by atoms with Gasteiger partial charge in [-0.3, -0.25) is 0 Å². The lowest BCUT2D eigenvalue weighted by molar-refractivity contribution is 0.0431. The molecule has 18 heavy (non-hydrogen) atoms. The molecule has 2 rings (SSSR count). The molecule has 3 unspecified atom stereocenters. The van der Waals surface area contributed by atoms with E-state index < -0.39 is 6.10 Å². The molecule has 0 amide bonds. The van der Waals surface area contributed by atoms with Gasteiger partial charge in [-0.25, -0.2) is 0 Å². The monoisotopic (exact) mass is 250 g/mol. The van der Waals surface area contributed by atoms with Crippen molar-refractivity contribution in [3.63, 3.8) is 0 Å². The Labute approximate surface area is 109 Å². The summed E-state index contributed by atoms with van der Waals surface area (Å²) in [4.78, 5) is 0. The summed E-state index contributed by atoms with van der Waals surface area (Å²) in [5.74, 6) is 1.04. The maximum Gasteiger partial charge on any atom is 0.119 e. The summed E-state index contributed by atoms with van der Waals surface area (Å²) < 4.78 is 11.1. The van der Waals surface area contributed by atoms with Gasteiger partial charge in [-0.2, -0.15) is 0 Å². The van der Waals surface area contributed by atoms with Crippen LogP contribution < -0.4 is 4.74 Å². The summed E-state index contributed by atoms with van der Waals surface area (Å²) in [5.41, 5.74) is 0.938. The number of ether oxygens (including phenoxy) is 2. The molecule has 1 aromatic rings. The van der Waals surface area contributed by atoms with E-state index in [1.165, 1.54) is 0 Å². The van der Waals surface area contributed by atoms with Crippen LogP contribution in [-0.2, 0) is 4.74 Å². The van der Waals surface area contributed by atoms with Crippen LogP contribution in [0.5, 0.6) is 5.75 Å². The van der Waals surface area contributed by atoms with Crippen LogP contribution in [0.25, 0.3) is 0 Å². The van der Waals surface area contributed by atoms with Crippen LogP contribution in [0.15, 0.2) is 24.3 Å². The SMILES string of the molecule is CC(C)Oc1ccc(C(O)C2CCOC2C)cc1. The normalized spacial score (nSPS) is 25.4. The van der Waals surface area contributed by atoms with E-state index in [9.17, 15) is 5.11 Å². The lowest BCUT2D eigenvalue weighted by atomic mass is 9.91. The van der Waals surface area contributed by atoms with Crippen molar-refractivity contribution in [1.29, 1.82) is 0 Å². The van der Waals surface area contributed by atoms with Crippen LogP contribution in [0.2, 0.25) is 0 Å². The minimum absolute atomic E-state index is 0.131. The first kappa shape index (κ1) is 13.4. The molecule has 0 bridgehead atoms. The number of rotatable bonds is 4. The molecule has 0 aromatic heterocycles. The molecular weight excluding hydrogens is 228 g/mol. The minimum Gasteiger partial charge on any atom is -0.491 e. The highest BCUT2D eigenvalue weighted by atomic mass is 16.5. The molecule has 1 heterocycles. The predicted octanol–water partition coefficient (Wildman–Crippen LogP) is 2.93. The van der Waals surface area contributed by atoms with Gasteiger partial charge in [-0.15, -0.1) is 0 Å². The first-order valence-electron chi connectivity index (χ1n) is 6.64. The predicted molar refractivity (Wildman–Crippen MR) is 70.7 cm³/mol. The highest BCUT2D eigenvalue weighted by Crippen LogP contribution is 2.33. The zero-order chi connectivity index (χ0) is 13.1. The summed E-state index contributed by atoms with van der Waals surface area (Å²) in [6.45, 7) is 6.77. The Bertz CT molecular complexity index is 372. The van der Waals surface area contributed by atoms with Crippen molar-refractivity contribution in [1.82, 2.24) is 0 Å². The molecule has 0 spiro atoms. The summed E-state index contributed by atoms with van der Waals surface area (Å²) in [6.07, 6.45) is 0.776. The van der Waals surface area contributed by atoms with Crippen molar-refractivity contribution in [2.75, 3.05) is 6.61 Å². The second kappa shape index (κ2) is 5.72. The van der Waals surface area contributed by atoms with Gasteiger partial charge in [0.2, 0.25) is 0 Å². The van der Waals surface area contributed by atoms with Gasteiger partial charge in [0, 0.05) is 12.5 Å². The molecule has 3 atom stereocenters. The molecule has 1 saturated heterocycles. The highest BCUT2D eigenvalue weighted by Gasteiger charge is 2.31. The van der Waals surface area contributed by atoms with E-state index in [1.54, 1.807) is 0 Å². The van der Waals surface area contributed by atoms with Gasteiger partial charge in [0.25, 0.3) is 0 Å². The summed E-state index contributed by atoms with van der Waals surface area (Å²) in [5, 5.41) is 10.3. The smallest absolute Gasteiger partial charge is 0.119 e. The van der Waals surface area contributed by atoms with E-state index in [4.69, 9.17) is 9.47 Å². The van der Waals surface area contributed by atoms with Gasteiger partial charge in [0.05, 0.1) is 18.3 Å². The molecule has 1 aromatic carbocycles. The van der Waals surface area contributed by atoms with Crippen molar-refractivity contribution in [3.05, 3.63) is 29.8 Å². The lowest BCUT2D eigenvalue weighted by Crippen LogP contribution is -2.19. The average Bonchev–Trinajstić information content (AvgIpc) is 2.75. The Balaban J connectivity index is 2.04. The quantitative estimate of drug-likeness (QED) is 0.893. The summed E-state index contributed by atoms with van der Waals surface area (Å²) in [6, 6.07) is 7.71. The third-order valence-corrected chi connectivity index (χ3v) is 3.43. The maximum absolute atomic E-state index is 10.3. The molecule has 1 aliphatic heterocycles. The van der Waals surface area contributed by atoms with E-state index >= 15 is 0 Å². The van der Waals surface area contributed by atoms with Crippen molar-refractivity contribution in [2.24, 2.45) is 5.92 Å². The van der Waals surface area contributed by atoms with E-state index in [-0.39, 0.29) is 18.1 Å². The maximum atomic E-state index is 10.3. The molecule has 1 N–H and O–H groups in total. The van der Waals surface area contributed by atoms with Crippen molar-refractivity contribution >= 4 is 0 Å². The fraction of sp³-hybridized carbons (Fsp3) is 0.600. The number of aliphatic hydroxyl groups is 1. The third-order valence-electron chi connectivity index (χ3n) is 3.43. The highest BCUT2D eigenvalue weighted by molar-refractivity contribution is 5.29. The Morgan fingerprint density at radius 3 is 2.44 bits per heavy atom. The van der Waals surface area contributed by atoms with Crippen LogP contribution in [-0.4, -0.2) is 23.9 Å². The Morgan fingerprint density at radius 1 is 1.28 bits per heavy atom. The van der Waals surface area contributed by atoms with Gasteiger partial charge in [0.15, 0.2) is 0 Å². The van der Waals surface area contributed by atoms with E-state index in [2.05, 4.69) is 0 Å². The largest absolute Gasteiger partial charge is 0.491 e. The standard InChI is InChI=1S/C15H22O3/c1-10(2)18-13-6-4-12(5-7-13)15(16)14-8-9-17-11(14)3/h4-7,10-11,14-16H,8-9H2,1-3H3. The second-order valence-corrected chi connectivity index (χ2v) is 5.21. The summed E-state index contributed by atoms with van der Waals surface area (Å²) in [7, 11) is 0. The number of aliphatic hydroxyl groups excluding tert-OH is 1. The molecule has 0 aliphatic carbocycles. The first-order valence-corrected chi connectivity index (χ1v) is 6.64. The van der Waals surface area contributed by atoms with Crippen molar-refractivity contribution in [3.8, 4) is 5.75 Å². The van der Waals surface area contributed by atoms with Gasteiger partial charge in [-0.05, 0) is 44.9 Å². The fourth-order valence-corrected chi connectivity index (χ4v) is 2.43. The molecule has 1 fully saturated rings. The minimum atomic E-state index is -0.449. The summed E-state index contributed by atoms with van der Waals surface area (Å²) >= 11 is 0. The first-order chi connectivity index (χ1) is 8.58. The molecule has 3 nitrogen and oxygen atoms in total. The van der Waals surface area contributed by atoms with E-state index in [0.717, 1.165) is 24.3 Å². The van der Waals surface area contributed by atoms with Crippen LogP contribution in [0, 0.1) is 5.92 Å². The number of hydrogen-bond donors (Lipinski definition) is 1. The topological polar surface area (TPSA) is 38.7 Å². The molecule has 3 heteroatoms. The van der Waals surface area contributed by atoms with Gasteiger partial charge < -0.3 is 14.6 Å². The van der Waals surface area contributed by atoms with Crippen LogP contribution in [0.1, 0.15) is 38.9 Å². The number of hydrogen-bond acceptors (Lipinski definition) is 3. The van der Waals surface area contributed by atoms with E-state index in [1.807, 2.05) is 45.0 Å². The molecule has 0 saturated carbocycles. The molecule has 1 aliphatic rings. The number of benzene rings is 1. The fourth-order valence-electron chi connectivity index (χ4n) is 2.43. The zero-order valence-corrected chi connectivity index (χ0v) is 11.3. The van der Waals surface area contributed by atoms with Crippen LogP contribution in [0.4, 0.5) is 0 Å². The average molecular weight is 250 g/mol. The van der Waals surface area contributed by atoms with E-state index in [0.29, 0.717) is 0 Å². The van der Waals surface area contributed by atoms with Gasteiger partial charge in [0.1, 0.15) is 5.75 Å². The third kappa shape index (κ3) is 3.03. The van der Waals surface area contributed by atoms with Crippen molar-refractivity contribution < 1.29 is 14.6 Å². The molecule has 0 radical (unpaired) electrons. The second-order valence-electron chi connectivity index (χ2n) is 5.21. The van der Waals surface area contributed by atoms with Crippen LogP contribution >= 0.6 is 0 Å². The Kier molecular flexibility index (Phi) is 4.25. The lowest BCUT2D eigenvalue weighted by Gasteiger charge is -2.21. The molecule has 100 valence electrons. The molecular formula is C15H22O3. The Hall–Kier alpha value is -1.06. The Morgan fingerprint density at radius 2 is 1.94 bits per heavy atom.